The van der Waals surface area contributed by atoms with Gasteiger partial charge in [-0.15, -0.1) is 0 Å². The Hall–Kier alpha value is -8.28. The molecule has 2 aliphatic rings. The first-order valence-corrected chi connectivity index (χ1v) is 22.5. The van der Waals surface area contributed by atoms with Gasteiger partial charge in [-0.25, -0.2) is 4.39 Å². The van der Waals surface area contributed by atoms with Crippen LogP contribution < -0.4 is 31.3 Å². The third-order valence-corrected chi connectivity index (χ3v) is 11.7. The zero-order valence-corrected chi connectivity index (χ0v) is 38.9. The summed E-state index contributed by atoms with van der Waals surface area (Å²) in [6.07, 6.45) is 3.41. The van der Waals surface area contributed by atoms with E-state index in [1.165, 1.54) is 48.9 Å². The van der Waals surface area contributed by atoms with Crippen molar-refractivity contribution in [1.82, 2.24) is 40.0 Å². The molecule has 6 aromatic rings. The number of hydrogen-bond acceptors (Lipinski definition) is 16. The van der Waals surface area contributed by atoms with Gasteiger partial charge < -0.3 is 50.1 Å². The van der Waals surface area contributed by atoms with Gasteiger partial charge >= 0.3 is 0 Å². The largest absolute Gasteiger partial charge is 0.495 e. The number of H-pyrrole nitrogens is 1. The van der Waals surface area contributed by atoms with E-state index in [4.69, 9.17) is 18.9 Å². The number of fused-ring (bicyclic) bond motifs is 3. The second-order valence-corrected chi connectivity index (χ2v) is 16.3. The molecule has 3 aromatic heterocycles. The molecule has 0 aliphatic carbocycles. The predicted molar refractivity (Wildman–Crippen MR) is 256 cm³/mol. The van der Waals surface area contributed by atoms with Gasteiger partial charge in [0, 0.05) is 50.5 Å². The fourth-order valence-electron chi connectivity index (χ4n) is 8.15. The van der Waals surface area contributed by atoms with Gasteiger partial charge in [0.05, 0.1) is 92.1 Å². The molecular weight excluding hydrogens is 926 g/mol. The second-order valence-electron chi connectivity index (χ2n) is 16.3. The lowest BCUT2D eigenvalue weighted by atomic mass is 10.0. The van der Waals surface area contributed by atoms with Gasteiger partial charge in [-0.1, -0.05) is 12.1 Å². The molecule has 23 heteroatoms. The predicted octanol–water partition coefficient (Wildman–Crippen LogP) is 3.96. The normalized spacial score (nSPS) is 14.4. The average molecular weight is 976 g/mol. The highest BCUT2D eigenvalue weighted by atomic mass is 19.1. The van der Waals surface area contributed by atoms with E-state index < -0.39 is 41.4 Å². The van der Waals surface area contributed by atoms with E-state index in [1.54, 1.807) is 54.9 Å². The van der Waals surface area contributed by atoms with Crippen LogP contribution >= 0.6 is 0 Å². The van der Waals surface area contributed by atoms with E-state index in [2.05, 4.69) is 41.5 Å². The lowest BCUT2D eigenvalue weighted by Gasteiger charge is -2.27. The Balaban J connectivity index is 0.758. The molecule has 0 spiro atoms. The number of carbonyl (C=O) groups excluding carboxylic acids is 7. The maximum atomic E-state index is 14.8. The Bertz CT molecular complexity index is 3050. The lowest BCUT2D eigenvalue weighted by molar-refractivity contribution is -0.136. The molecule has 1 atom stereocenters. The van der Waals surface area contributed by atoms with Crippen LogP contribution in [0.25, 0.3) is 21.9 Å². The Morgan fingerprint density at radius 2 is 1.62 bits per heavy atom. The van der Waals surface area contributed by atoms with Gasteiger partial charge in [0.1, 0.15) is 35.6 Å². The Labute approximate surface area is 404 Å². The summed E-state index contributed by atoms with van der Waals surface area (Å²) in [7, 11) is 4.44. The molecule has 1 fully saturated rings. The highest BCUT2D eigenvalue weighted by Gasteiger charge is 2.45. The number of aromatic amines is 1. The van der Waals surface area contributed by atoms with Crippen LogP contribution in [0.4, 0.5) is 33.2 Å². The number of benzene rings is 3. The maximum Gasteiger partial charge on any atom is 0.264 e. The minimum Gasteiger partial charge on any atom is -0.495 e. The molecule has 22 nitrogen and oxygen atoms in total. The van der Waals surface area contributed by atoms with Crippen LogP contribution in [-0.2, 0) is 28.6 Å². The summed E-state index contributed by atoms with van der Waals surface area (Å²) in [5, 5.41) is 15.3. The maximum absolute atomic E-state index is 14.8. The molecule has 71 heavy (non-hydrogen) atoms. The number of likely N-dealkylation sites (N-methyl/N-ethyl adjacent to an activating group) is 1. The number of imide groups is 2. The second kappa shape index (κ2) is 22.0. The van der Waals surface area contributed by atoms with Crippen molar-refractivity contribution >= 4 is 92.1 Å². The van der Waals surface area contributed by atoms with E-state index >= 15 is 0 Å². The third kappa shape index (κ3) is 10.8. The van der Waals surface area contributed by atoms with Crippen LogP contribution in [0.3, 0.4) is 0 Å². The van der Waals surface area contributed by atoms with Gasteiger partial charge in [0.2, 0.25) is 23.7 Å². The number of carbonyl (C=O) groups is 7. The molecule has 5 heterocycles. The first-order chi connectivity index (χ1) is 34.4. The van der Waals surface area contributed by atoms with Crippen molar-refractivity contribution in [2.75, 3.05) is 89.9 Å². The minimum absolute atomic E-state index is 0.0330. The molecule has 1 saturated heterocycles. The molecule has 0 bridgehead atoms. The van der Waals surface area contributed by atoms with Crippen LogP contribution in [0.15, 0.2) is 73.1 Å². The van der Waals surface area contributed by atoms with Gasteiger partial charge in [0.25, 0.3) is 23.6 Å². The van der Waals surface area contributed by atoms with E-state index in [9.17, 15) is 38.0 Å². The van der Waals surface area contributed by atoms with Crippen molar-refractivity contribution in [2.24, 2.45) is 0 Å². The standard InChI is InChI=1S/C48H50FN11O11/c1-50-45(65)41-30(49)7-5-9-32(41)53-43-29-12-15-52-42(29)56-48(57-43)54-33-25-35-27(24-36(33)68-3)13-17-59(35)39(63)26-58(2)38(62)14-18-69-20-22-71-23-21-70-19-16-51-31-8-4-6-28-40(31)47(67)60(46(28)66)34-10-11-37(61)55-44(34)64/h4-9,12-13,15,17,24-25,34,51H,10-11,14,16,18-23,26H2,1-3H3,(H,50,65)(H,55,61,64)(H3,52,53,54,56,57). The number of piperidine rings is 1. The fraction of sp³-hybridized carbons (Fsp3) is 0.312. The monoisotopic (exact) mass is 975 g/mol. The summed E-state index contributed by atoms with van der Waals surface area (Å²) >= 11 is 0. The summed E-state index contributed by atoms with van der Waals surface area (Å²) in [5.41, 5.74) is 2.16. The van der Waals surface area contributed by atoms with E-state index in [0.717, 1.165) is 4.90 Å². The SMILES string of the molecule is CNC(=O)c1c(F)cccc1Nc1nc(Nc2cc3c(ccn3C(=O)CN(C)C(=O)CCOCCOCCOCCNc3cccc4c3C(=O)N(C3CCC(=O)NC3=O)C4=O)cc2OC)nc2[nH]ccc12. The molecule has 0 saturated carbocycles. The van der Waals surface area contributed by atoms with Crippen LogP contribution in [0.2, 0.25) is 0 Å². The molecular formula is C48H50FN11O11. The summed E-state index contributed by atoms with van der Waals surface area (Å²) in [6, 6.07) is 14.9. The molecule has 1 unspecified atom stereocenters. The minimum atomic E-state index is -1.05. The first-order valence-electron chi connectivity index (χ1n) is 22.5. The molecule has 0 radical (unpaired) electrons. The number of nitrogens with zero attached hydrogens (tertiary/aromatic N) is 5. The first kappa shape index (κ1) is 49.2. The molecule has 3 aromatic carbocycles. The lowest BCUT2D eigenvalue weighted by Crippen LogP contribution is -2.54. The van der Waals surface area contributed by atoms with Crippen LogP contribution in [-0.4, -0.2) is 151 Å². The van der Waals surface area contributed by atoms with E-state index in [-0.39, 0.29) is 111 Å². The summed E-state index contributed by atoms with van der Waals surface area (Å²) in [5.74, 6) is -3.48. The van der Waals surface area contributed by atoms with E-state index in [0.29, 0.717) is 45.6 Å². The van der Waals surface area contributed by atoms with Gasteiger partial charge in [-0.05, 0) is 55.0 Å². The van der Waals surface area contributed by atoms with Crippen molar-refractivity contribution < 1.29 is 56.9 Å². The van der Waals surface area contributed by atoms with Crippen molar-refractivity contribution in [3.05, 3.63) is 95.6 Å². The quantitative estimate of drug-likeness (QED) is 0.0415. The Morgan fingerprint density at radius 1 is 0.873 bits per heavy atom. The smallest absolute Gasteiger partial charge is 0.264 e. The number of methoxy groups -OCH3 is 1. The zero-order chi connectivity index (χ0) is 50.2. The zero-order valence-electron chi connectivity index (χ0n) is 38.9. The number of ether oxygens (including phenoxy) is 4. The van der Waals surface area contributed by atoms with Crippen LogP contribution in [0.5, 0.6) is 5.75 Å². The summed E-state index contributed by atoms with van der Waals surface area (Å²) < 4.78 is 38.7. The van der Waals surface area contributed by atoms with Gasteiger partial charge in [-0.2, -0.15) is 9.97 Å². The Kier molecular flexibility index (Phi) is 15.2. The van der Waals surface area contributed by atoms with Crippen molar-refractivity contribution in [1.29, 1.82) is 0 Å². The highest BCUT2D eigenvalue weighted by molar-refractivity contribution is 6.25. The summed E-state index contributed by atoms with van der Waals surface area (Å²) in [4.78, 5) is 104. The average Bonchev–Trinajstić information content (AvgIpc) is 4.07. The van der Waals surface area contributed by atoms with Crippen molar-refractivity contribution in [3.63, 3.8) is 0 Å². The van der Waals surface area contributed by atoms with Crippen LogP contribution in [0, 0.1) is 5.82 Å². The number of aromatic nitrogens is 4. The number of nitrogens with one attached hydrogen (secondary N) is 6. The highest BCUT2D eigenvalue weighted by Crippen LogP contribution is 2.35. The number of amides is 6. The molecule has 6 amide bonds. The number of halogens is 1. The molecule has 370 valence electrons. The Morgan fingerprint density at radius 3 is 2.38 bits per heavy atom. The van der Waals surface area contributed by atoms with Crippen molar-refractivity contribution in [2.45, 2.75) is 25.3 Å². The molecule has 2 aliphatic heterocycles. The number of rotatable bonds is 22. The van der Waals surface area contributed by atoms with Gasteiger partial charge in [0.15, 0.2) is 0 Å². The van der Waals surface area contributed by atoms with Crippen LogP contribution in [0.1, 0.15) is 55.1 Å². The van der Waals surface area contributed by atoms with E-state index in [1.807, 2.05) is 0 Å². The molecule has 6 N–H and O–H groups in total. The number of anilines is 5. The third-order valence-electron chi connectivity index (χ3n) is 11.7. The van der Waals surface area contributed by atoms with Gasteiger partial charge in [-0.3, -0.25) is 48.3 Å². The fourth-order valence-corrected chi connectivity index (χ4v) is 8.15. The molecule has 8 rings (SSSR count). The topological polar surface area (TPSA) is 270 Å². The van der Waals surface area contributed by atoms with Crippen molar-refractivity contribution in [3.8, 4) is 5.75 Å². The number of hydrogen-bond donors (Lipinski definition) is 6. The summed E-state index contributed by atoms with van der Waals surface area (Å²) in [6.45, 7) is 1.49.